The van der Waals surface area contributed by atoms with E-state index in [4.69, 9.17) is 10.2 Å². The molecule has 1 unspecified atom stereocenters. The smallest absolute Gasteiger partial charge is 0.219 e. The van der Waals surface area contributed by atoms with Crippen LogP contribution >= 0.6 is 0 Å². The van der Waals surface area contributed by atoms with E-state index in [9.17, 15) is 4.79 Å². The van der Waals surface area contributed by atoms with Gasteiger partial charge in [0.05, 0.1) is 12.7 Å². The van der Waals surface area contributed by atoms with Crippen LogP contribution in [0.5, 0.6) is 0 Å². The van der Waals surface area contributed by atoms with E-state index >= 15 is 0 Å². The SMILES string of the molecule is CC(=O)N(CCO)CC(C)O. The van der Waals surface area contributed by atoms with E-state index < -0.39 is 6.10 Å². The van der Waals surface area contributed by atoms with E-state index in [1.807, 2.05) is 0 Å². The lowest BCUT2D eigenvalue weighted by Crippen LogP contribution is -2.36. The van der Waals surface area contributed by atoms with Crippen LogP contribution in [0.2, 0.25) is 0 Å². The Kier molecular flexibility index (Phi) is 4.81. The summed E-state index contributed by atoms with van der Waals surface area (Å²) in [4.78, 5) is 12.2. The number of aliphatic hydroxyl groups excluding tert-OH is 2. The average molecular weight is 161 g/mol. The summed E-state index contributed by atoms with van der Waals surface area (Å²) in [6.45, 7) is 3.54. The summed E-state index contributed by atoms with van der Waals surface area (Å²) < 4.78 is 0. The number of carbonyl (C=O) groups is 1. The second-order valence-electron chi connectivity index (χ2n) is 2.54. The van der Waals surface area contributed by atoms with Crippen molar-refractivity contribution in [2.24, 2.45) is 0 Å². The van der Waals surface area contributed by atoms with E-state index in [1.54, 1.807) is 6.92 Å². The van der Waals surface area contributed by atoms with Gasteiger partial charge in [0.1, 0.15) is 0 Å². The molecule has 4 heteroatoms. The van der Waals surface area contributed by atoms with Crippen LogP contribution in [0.15, 0.2) is 0 Å². The number of carbonyl (C=O) groups excluding carboxylic acids is 1. The number of nitrogens with zero attached hydrogens (tertiary/aromatic N) is 1. The minimum absolute atomic E-state index is 0.0632. The van der Waals surface area contributed by atoms with Gasteiger partial charge >= 0.3 is 0 Å². The van der Waals surface area contributed by atoms with Gasteiger partial charge in [-0.25, -0.2) is 0 Å². The summed E-state index contributed by atoms with van der Waals surface area (Å²) in [5.41, 5.74) is 0. The van der Waals surface area contributed by atoms with Gasteiger partial charge in [0.15, 0.2) is 0 Å². The molecule has 1 amide bonds. The molecule has 0 aliphatic carbocycles. The molecule has 0 aliphatic rings. The molecule has 0 spiro atoms. The van der Waals surface area contributed by atoms with Gasteiger partial charge in [-0.15, -0.1) is 0 Å². The van der Waals surface area contributed by atoms with Crippen molar-refractivity contribution in [1.82, 2.24) is 4.90 Å². The van der Waals surface area contributed by atoms with Crippen molar-refractivity contribution in [3.8, 4) is 0 Å². The molecule has 0 saturated carbocycles. The Morgan fingerprint density at radius 3 is 2.45 bits per heavy atom. The molecule has 0 rings (SSSR count). The first-order valence-electron chi connectivity index (χ1n) is 3.62. The minimum Gasteiger partial charge on any atom is -0.395 e. The van der Waals surface area contributed by atoms with Crippen molar-refractivity contribution in [2.75, 3.05) is 19.7 Å². The Morgan fingerprint density at radius 1 is 1.64 bits per heavy atom. The zero-order chi connectivity index (χ0) is 8.85. The fourth-order valence-corrected chi connectivity index (χ4v) is 0.817. The topological polar surface area (TPSA) is 60.8 Å². The molecule has 0 saturated heterocycles. The predicted octanol–water partition coefficient (Wildman–Crippen LogP) is -0.792. The molecule has 0 aromatic heterocycles. The van der Waals surface area contributed by atoms with Gasteiger partial charge in [0.2, 0.25) is 5.91 Å². The highest BCUT2D eigenvalue weighted by atomic mass is 16.3. The van der Waals surface area contributed by atoms with Crippen LogP contribution < -0.4 is 0 Å². The molecule has 2 N–H and O–H groups in total. The standard InChI is InChI=1S/C7H15NO3/c1-6(10)5-8(3-4-9)7(2)11/h6,9-10H,3-5H2,1-2H3. The molecule has 0 bridgehead atoms. The molecule has 66 valence electrons. The maximum Gasteiger partial charge on any atom is 0.219 e. The highest BCUT2D eigenvalue weighted by Gasteiger charge is 2.09. The molecule has 11 heavy (non-hydrogen) atoms. The van der Waals surface area contributed by atoms with Gasteiger partial charge in [-0.3, -0.25) is 4.79 Å². The van der Waals surface area contributed by atoms with Crippen LogP contribution in [0.3, 0.4) is 0 Å². The molecule has 0 aromatic carbocycles. The highest BCUT2D eigenvalue weighted by Crippen LogP contribution is 1.91. The third kappa shape index (κ3) is 4.75. The Hall–Kier alpha value is -0.610. The van der Waals surface area contributed by atoms with E-state index in [-0.39, 0.29) is 19.1 Å². The van der Waals surface area contributed by atoms with E-state index in [0.717, 1.165) is 0 Å². The fourth-order valence-electron chi connectivity index (χ4n) is 0.817. The Bertz CT molecular complexity index is 125. The number of hydrogen-bond donors (Lipinski definition) is 2. The molecule has 0 radical (unpaired) electrons. The van der Waals surface area contributed by atoms with Crippen LogP contribution in [-0.2, 0) is 4.79 Å². The first kappa shape index (κ1) is 10.4. The van der Waals surface area contributed by atoms with Gasteiger partial charge in [-0.05, 0) is 6.92 Å². The summed E-state index contributed by atoms with van der Waals surface area (Å²) in [6.07, 6.45) is -0.537. The van der Waals surface area contributed by atoms with E-state index in [2.05, 4.69) is 0 Å². The van der Waals surface area contributed by atoms with Gasteiger partial charge in [0, 0.05) is 20.0 Å². The molecule has 1 atom stereocenters. The van der Waals surface area contributed by atoms with Crippen molar-refractivity contribution in [3.05, 3.63) is 0 Å². The van der Waals surface area contributed by atoms with Crippen LogP contribution in [0, 0.1) is 0 Å². The quantitative estimate of drug-likeness (QED) is 0.568. The second kappa shape index (κ2) is 5.09. The normalized spacial score (nSPS) is 12.7. The van der Waals surface area contributed by atoms with Gasteiger partial charge < -0.3 is 15.1 Å². The van der Waals surface area contributed by atoms with Gasteiger partial charge in [0.25, 0.3) is 0 Å². The van der Waals surface area contributed by atoms with E-state index in [0.29, 0.717) is 6.54 Å². The molecule has 0 aliphatic heterocycles. The zero-order valence-electron chi connectivity index (χ0n) is 6.95. The molecule has 0 heterocycles. The summed E-state index contributed by atoms with van der Waals surface area (Å²) >= 11 is 0. The van der Waals surface area contributed by atoms with E-state index in [1.165, 1.54) is 11.8 Å². The largest absolute Gasteiger partial charge is 0.395 e. The number of rotatable bonds is 4. The molecule has 0 fully saturated rings. The summed E-state index contributed by atoms with van der Waals surface area (Å²) in [5.74, 6) is -0.125. The second-order valence-corrected chi connectivity index (χ2v) is 2.54. The van der Waals surface area contributed by atoms with Crippen LogP contribution in [0.25, 0.3) is 0 Å². The van der Waals surface area contributed by atoms with Gasteiger partial charge in [-0.2, -0.15) is 0 Å². The lowest BCUT2D eigenvalue weighted by atomic mass is 10.3. The maximum absolute atomic E-state index is 10.8. The lowest BCUT2D eigenvalue weighted by Gasteiger charge is -2.20. The lowest BCUT2D eigenvalue weighted by molar-refractivity contribution is -0.130. The molecular formula is C7H15NO3. The first-order valence-corrected chi connectivity index (χ1v) is 3.62. The van der Waals surface area contributed by atoms with Crippen molar-refractivity contribution >= 4 is 5.91 Å². The van der Waals surface area contributed by atoms with Crippen molar-refractivity contribution in [3.63, 3.8) is 0 Å². The number of amides is 1. The Morgan fingerprint density at radius 2 is 2.18 bits per heavy atom. The van der Waals surface area contributed by atoms with Crippen LogP contribution in [0.4, 0.5) is 0 Å². The Labute approximate surface area is 66.4 Å². The summed E-state index contributed by atoms with van der Waals surface area (Å²) in [6, 6.07) is 0. The third-order valence-corrected chi connectivity index (χ3v) is 1.30. The summed E-state index contributed by atoms with van der Waals surface area (Å²) in [7, 11) is 0. The minimum atomic E-state index is -0.537. The monoisotopic (exact) mass is 161 g/mol. The maximum atomic E-state index is 10.8. The Balaban J connectivity index is 3.79. The average Bonchev–Trinajstić information content (AvgIpc) is 1.86. The van der Waals surface area contributed by atoms with Crippen LogP contribution in [0.1, 0.15) is 13.8 Å². The predicted molar refractivity (Wildman–Crippen MR) is 41.0 cm³/mol. The third-order valence-electron chi connectivity index (χ3n) is 1.30. The van der Waals surface area contributed by atoms with Gasteiger partial charge in [-0.1, -0.05) is 0 Å². The molecule has 0 aromatic rings. The molecule has 4 nitrogen and oxygen atoms in total. The van der Waals surface area contributed by atoms with Crippen molar-refractivity contribution in [1.29, 1.82) is 0 Å². The highest BCUT2D eigenvalue weighted by molar-refractivity contribution is 5.73. The zero-order valence-corrected chi connectivity index (χ0v) is 6.95. The molecular weight excluding hydrogens is 146 g/mol. The van der Waals surface area contributed by atoms with Crippen molar-refractivity contribution in [2.45, 2.75) is 20.0 Å². The number of hydrogen-bond acceptors (Lipinski definition) is 3. The first-order chi connectivity index (χ1) is 5.07. The fraction of sp³-hybridized carbons (Fsp3) is 0.857. The number of aliphatic hydroxyl groups is 2. The van der Waals surface area contributed by atoms with Crippen molar-refractivity contribution < 1.29 is 15.0 Å². The van der Waals surface area contributed by atoms with Crippen LogP contribution in [-0.4, -0.2) is 46.8 Å². The summed E-state index contributed by atoms with van der Waals surface area (Å²) in [5, 5.41) is 17.4.